The number of rotatable bonds is 6. The lowest BCUT2D eigenvalue weighted by atomic mass is 9.95. The van der Waals surface area contributed by atoms with Gasteiger partial charge in [-0.2, -0.15) is 0 Å². The van der Waals surface area contributed by atoms with Gasteiger partial charge in [0.25, 0.3) is 0 Å². The minimum absolute atomic E-state index is 0. The van der Waals surface area contributed by atoms with E-state index in [1.807, 2.05) is 0 Å². The lowest BCUT2D eigenvalue weighted by molar-refractivity contribution is -0.141. The molecule has 3 aliphatic heterocycles. The van der Waals surface area contributed by atoms with Crippen molar-refractivity contribution in [2.24, 2.45) is 5.92 Å². The Kier molecular flexibility index (Phi) is 9.51. The summed E-state index contributed by atoms with van der Waals surface area (Å²) in [6, 6.07) is 0.370. The van der Waals surface area contributed by atoms with Crippen molar-refractivity contribution in [1.82, 2.24) is 20.4 Å². The summed E-state index contributed by atoms with van der Waals surface area (Å²) in [6.45, 7) is 8.78. The van der Waals surface area contributed by atoms with Crippen LogP contribution in [0.4, 0.5) is 0 Å². The summed E-state index contributed by atoms with van der Waals surface area (Å²) in [4.78, 5) is 29.8. The topological polar surface area (TPSA) is 64.7 Å². The zero-order valence-corrected chi connectivity index (χ0v) is 18.4. The molecule has 0 saturated carbocycles. The van der Waals surface area contributed by atoms with Crippen molar-refractivity contribution in [3.8, 4) is 0 Å². The standard InChI is InChI=1S/C21H38N4O2.ClH/c1-3-18-9-4-5-13-25(18)21(27)16(2)24-12-7-8-17(15-24)14-23-20(26)19-10-6-11-22-19;/h16-19,22H,3-15H2,1-2H3,(H,23,26);1H. The molecule has 162 valence electrons. The van der Waals surface area contributed by atoms with Gasteiger partial charge in [0.2, 0.25) is 11.8 Å². The molecule has 6 nitrogen and oxygen atoms in total. The molecule has 0 spiro atoms. The molecule has 0 aliphatic carbocycles. The highest BCUT2D eigenvalue weighted by molar-refractivity contribution is 5.85. The van der Waals surface area contributed by atoms with Crippen LogP contribution in [0.3, 0.4) is 0 Å². The van der Waals surface area contributed by atoms with Crippen LogP contribution in [-0.2, 0) is 9.59 Å². The average Bonchev–Trinajstić information content (AvgIpc) is 3.26. The van der Waals surface area contributed by atoms with Crippen molar-refractivity contribution in [3.05, 3.63) is 0 Å². The maximum atomic E-state index is 13.1. The Labute approximate surface area is 176 Å². The Balaban J connectivity index is 0.00000280. The Morgan fingerprint density at radius 3 is 2.64 bits per heavy atom. The monoisotopic (exact) mass is 414 g/mol. The number of hydrogen-bond donors (Lipinski definition) is 2. The lowest BCUT2D eigenvalue weighted by Crippen LogP contribution is -2.55. The van der Waals surface area contributed by atoms with Crippen LogP contribution < -0.4 is 10.6 Å². The average molecular weight is 415 g/mol. The third-order valence-electron chi connectivity index (χ3n) is 6.78. The summed E-state index contributed by atoms with van der Waals surface area (Å²) in [5, 5.41) is 6.40. The first-order valence-corrected chi connectivity index (χ1v) is 11.2. The molecule has 28 heavy (non-hydrogen) atoms. The summed E-state index contributed by atoms with van der Waals surface area (Å²) >= 11 is 0. The van der Waals surface area contributed by atoms with Gasteiger partial charge in [0.05, 0.1) is 12.1 Å². The Bertz CT molecular complexity index is 513. The fraction of sp³-hybridized carbons (Fsp3) is 0.905. The van der Waals surface area contributed by atoms with Gasteiger partial charge in [0.15, 0.2) is 0 Å². The van der Waals surface area contributed by atoms with E-state index < -0.39 is 0 Å². The largest absolute Gasteiger partial charge is 0.354 e. The second-order valence-corrected chi connectivity index (χ2v) is 8.66. The van der Waals surface area contributed by atoms with Crippen molar-refractivity contribution >= 4 is 24.2 Å². The number of amides is 2. The first kappa shape index (κ1) is 23.4. The van der Waals surface area contributed by atoms with Gasteiger partial charge in [-0.05, 0) is 77.3 Å². The first-order chi connectivity index (χ1) is 13.1. The van der Waals surface area contributed by atoms with E-state index in [2.05, 4.69) is 34.3 Å². The summed E-state index contributed by atoms with van der Waals surface area (Å²) in [5.74, 6) is 0.900. The zero-order valence-electron chi connectivity index (χ0n) is 17.6. The fourth-order valence-corrected chi connectivity index (χ4v) is 5.00. The molecule has 3 aliphatic rings. The highest BCUT2D eigenvalue weighted by Crippen LogP contribution is 2.24. The number of halogens is 1. The predicted octanol–water partition coefficient (Wildman–Crippen LogP) is 2.17. The quantitative estimate of drug-likeness (QED) is 0.699. The van der Waals surface area contributed by atoms with E-state index in [1.54, 1.807) is 0 Å². The normalized spacial score (nSPS) is 29.8. The van der Waals surface area contributed by atoms with Crippen molar-refractivity contribution in [2.45, 2.75) is 83.3 Å². The maximum Gasteiger partial charge on any atom is 0.239 e. The zero-order chi connectivity index (χ0) is 19.2. The van der Waals surface area contributed by atoms with Gasteiger partial charge in [0, 0.05) is 25.7 Å². The predicted molar refractivity (Wildman–Crippen MR) is 115 cm³/mol. The highest BCUT2D eigenvalue weighted by Gasteiger charge is 2.33. The van der Waals surface area contributed by atoms with Gasteiger partial charge < -0.3 is 15.5 Å². The molecule has 7 heteroatoms. The summed E-state index contributed by atoms with van der Waals surface area (Å²) < 4.78 is 0. The molecule has 0 bridgehead atoms. The van der Waals surface area contributed by atoms with Crippen molar-refractivity contribution in [1.29, 1.82) is 0 Å². The molecular formula is C21H39ClN4O2. The van der Waals surface area contributed by atoms with E-state index in [0.29, 0.717) is 17.9 Å². The van der Waals surface area contributed by atoms with E-state index >= 15 is 0 Å². The van der Waals surface area contributed by atoms with Crippen LogP contribution >= 0.6 is 12.4 Å². The summed E-state index contributed by atoms with van der Waals surface area (Å²) in [7, 11) is 0. The molecule has 2 amide bonds. The molecule has 0 aromatic heterocycles. The van der Waals surface area contributed by atoms with Crippen LogP contribution in [-0.4, -0.2) is 72.5 Å². The maximum absolute atomic E-state index is 13.1. The highest BCUT2D eigenvalue weighted by atomic mass is 35.5. The molecule has 0 radical (unpaired) electrons. The van der Waals surface area contributed by atoms with Gasteiger partial charge in [-0.25, -0.2) is 0 Å². The van der Waals surface area contributed by atoms with Crippen LogP contribution in [0.25, 0.3) is 0 Å². The van der Waals surface area contributed by atoms with Gasteiger partial charge in [-0.15, -0.1) is 12.4 Å². The number of carbonyl (C=O) groups is 2. The van der Waals surface area contributed by atoms with E-state index in [-0.39, 0.29) is 30.4 Å². The van der Waals surface area contributed by atoms with Gasteiger partial charge in [-0.1, -0.05) is 6.92 Å². The lowest BCUT2D eigenvalue weighted by Gasteiger charge is -2.41. The molecule has 3 heterocycles. The summed E-state index contributed by atoms with van der Waals surface area (Å²) in [6.07, 6.45) is 8.87. The minimum atomic E-state index is -0.0489. The Morgan fingerprint density at radius 1 is 1.11 bits per heavy atom. The summed E-state index contributed by atoms with van der Waals surface area (Å²) in [5.41, 5.74) is 0. The SMILES string of the molecule is CCC1CCCCN1C(=O)C(C)N1CCCC(CNC(=O)C2CCCN2)C1.Cl. The number of nitrogens with zero attached hydrogens (tertiary/aromatic N) is 2. The fourth-order valence-electron chi connectivity index (χ4n) is 5.00. The first-order valence-electron chi connectivity index (χ1n) is 11.2. The second kappa shape index (κ2) is 11.4. The van der Waals surface area contributed by atoms with Crippen LogP contribution in [0, 0.1) is 5.92 Å². The number of piperidine rings is 2. The molecule has 0 aromatic rings. The molecular weight excluding hydrogens is 376 g/mol. The number of likely N-dealkylation sites (tertiary alicyclic amines) is 2. The van der Waals surface area contributed by atoms with Crippen molar-refractivity contribution < 1.29 is 9.59 Å². The molecule has 3 saturated heterocycles. The third kappa shape index (κ3) is 5.83. The molecule has 4 atom stereocenters. The van der Waals surface area contributed by atoms with E-state index in [0.717, 1.165) is 77.7 Å². The minimum Gasteiger partial charge on any atom is -0.354 e. The van der Waals surface area contributed by atoms with E-state index in [9.17, 15) is 9.59 Å². The molecule has 4 unspecified atom stereocenters. The van der Waals surface area contributed by atoms with E-state index in [1.165, 1.54) is 6.42 Å². The number of carbonyl (C=O) groups excluding carboxylic acids is 2. The smallest absolute Gasteiger partial charge is 0.239 e. The van der Waals surface area contributed by atoms with Gasteiger partial charge >= 0.3 is 0 Å². The number of nitrogens with one attached hydrogen (secondary N) is 2. The Morgan fingerprint density at radius 2 is 1.93 bits per heavy atom. The van der Waals surface area contributed by atoms with Crippen LogP contribution in [0.2, 0.25) is 0 Å². The molecule has 0 aromatic carbocycles. The van der Waals surface area contributed by atoms with Crippen molar-refractivity contribution in [3.63, 3.8) is 0 Å². The third-order valence-corrected chi connectivity index (χ3v) is 6.78. The Hall–Kier alpha value is -0.850. The number of hydrogen-bond acceptors (Lipinski definition) is 4. The molecule has 3 fully saturated rings. The van der Waals surface area contributed by atoms with Crippen LogP contribution in [0.1, 0.15) is 65.2 Å². The van der Waals surface area contributed by atoms with Crippen LogP contribution in [0.15, 0.2) is 0 Å². The second-order valence-electron chi connectivity index (χ2n) is 8.66. The van der Waals surface area contributed by atoms with Gasteiger partial charge in [0.1, 0.15) is 0 Å². The van der Waals surface area contributed by atoms with E-state index in [4.69, 9.17) is 0 Å². The van der Waals surface area contributed by atoms with Gasteiger partial charge in [-0.3, -0.25) is 14.5 Å². The van der Waals surface area contributed by atoms with Crippen LogP contribution in [0.5, 0.6) is 0 Å². The van der Waals surface area contributed by atoms with Crippen molar-refractivity contribution in [2.75, 3.05) is 32.7 Å². The molecule has 2 N–H and O–H groups in total. The molecule has 3 rings (SSSR count).